The summed E-state index contributed by atoms with van der Waals surface area (Å²) in [4.78, 5) is 2.52. The monoisotopic (exact) mass is 721 g/mol. The molecule has 272 valence electrons. The molecule has 1 spiro atoms. The van der Waals surface area contributed by atoms with Crippen LogP contribution in [0.25, 0.3) is 27.8 Å². The van der Waals surface area contributed by atoms with Crippen LogP contribution in [-0.4, -0.2) is 0 Å². The number of nitrogens with zero attached hydrogens (tertiary/aromatic N) is 1. The van der Waals surface area contributed by atoms with Crippen molar-refractivity contribution >= 4 is 22.6 Å². The number of aryl methyl sites for hydroxylation is 1. The first-order valence-electron chi connectivity index (χ1n) is 20.4. The predicted molar refractivity (Wildman–Crippen MR) is 235 cm³/mol. The Kier molecular flexibility index (Phi) is 7.04. The van der Waals surface area contributed by atoms with Gasteiger partial charge in [0.2, 0.25) is 0 Å². The lowest BCUT2D eigenvalue weighted by Crippen LogP contribution is -2.34. The van der Waals surface area contributed by atoms with E-state index in [-0.39, 0.29) is 16.2 Å². The minimum Gasteiger partial charge on any atom is -0.310 e. The van der Waals surface area contributed by atoms with E-state index in [0.717, 1.165) is 12.1 Å². The van der Waals surface area contributed by atoms with Crippen molar-refractivity contribution in [2.24, 2.45) is 11.8 Å². The van der Waals surface area contributed by atoms with Crippen molar-refractivity contribution in [1.82, 2.24) is 0 Å². The normalized spacial score (nSPS) is 22.4. The molecule has 0 aromatic heterocycles. The summed E-state index contributed by atoms with van der Waals surface area (Å²) >= 11 is 0. The van der Waals surface area contributed by atoms with Gasteiger partial charge >= 0.3 is 0 Å². The fourth-order valence-electron chi connectivity index (χ4n) is 11.5. The topological polar surface area (TPSA) is 3.24 Å². The lowest BCUT2D eigenvalue weighted by molar-refractivity contribution is 0.324. The van der Waals surface area contributed by atoms with Gasteiger partial charge < -0.3 is 4.90 Å². The van der Waals surface area contributed by atoms with Gasteiger partial charge in [0.05, 0.1) is 5.41 Å². The summed E-state index contributed by atoms with van der Waals surface area (Å²) in [6.07, 6.45) is 15.2. The van der Waals surface area contributed by atoms with Crippen molar-refractivity contribution < 1.29 is 0 Å². The smallest absolute Gasteiger partial charge is 0.0689 e. The SMILES string of the molecule is Cc1ccc(-c2ccc(N(c3ccc4c(c3)C3(C5=C4C=CC(C)C5)c4ccccc4-c4ccccc43)c3ccc4c(c3)C(C)(C)C3C=CC=CC43C)cc2)cc1. The van der Waals surface area contributed by atoms with Gasteiger partial charge in [-0.25, -0.2) is 0 Å². The van der Waals surface area contributed by atoms with E-state index < -0.39 is 0 Å². The highest BCUT2D eigenvalue weighted by molar-refractivity contribution is 5.98. The van der Waals surface area contributed by atoms with Crippen molar-refractivity contribution in [2.75, 3.05) is 4.90 Å². The molecule has 0 saturated heterocycles. The lowest BCUT2D eigenvalue weighted by Gasteiger charge is -2.36. The number of hydrogen-bond donors (Lipinski definition) is 0. The Morgan fingerprint density at radius 1 is 0.554 bits per heavy atom. The fraction of sp³-hybridized carbons (Fsp3) is 0.200. The van der Waals surface area contributed by atoms with Crippen LogP contribution in [0.3, 0.4) is 0 Å². The number of benzene rings is 6. The molecule has 0 amide bonds. The van der Waals surface area contributed by atoms with E-state index in [2.05, 4.69) is 209 Å². The molecule has 56 heavy (non-hydrogen) atoms. The van der Waals surface area contributed by atoms with Crippen LogP contribution in [0.4, 0.5) is 17.1 Å². The average molecular weight is 722 g/mol. The molecule has 5 aliphatic rings. The number of anilines is 3. The van der Waals surface area contributed by atoms with E-state index in [4.69, 9.17) is 0 Å². The van der Waals surface area contributed by atoms with Gasteiger partial charge in [-0.15, -0.1) is 0 Å². The molecule has 0 N–H and O–H groups in total. The molecule has 11 rings (SSSR count). The molecule has 0 fully saturated rings. The van der Waals surface area contributed by atoms with Gasteiger partial charge in [-0.3, -0.25) is 0 Å². The molecule has 0 radical (unpaired) electrons. The van der Waals surface area contributed by atoms with Crippen LogP contribution >= 0.6 is 0 Å². The molecule has 6 aromatic carbocycles. The molecule has 1 nitrogen and oxygen atoms in total. The first kappa shape index (κ1) is 33.4. The largest absolute Gasteiger partial charge is 0.310 e. The highest BCUT2D eigenvalue weighted by atomic mass is 15.1. The molecule has 3 atom stereocenters. The third-order valence-electron chi connectivity index (χ3n) is 14.1. The van der Waals surface area contributed by atoms with E-state index in [9.17, 15) is 0 Å². The van der Waals surface area contributed by atoms with Gasteiger partial charge in [-0.2, -0.15) is 0 Å². The zero-order valence-electron chi connectivity index (χ0n) is 33.0. The Bertz CT molecular complexity index is 2690. The Morgan fingerprint density at radius 3 is 1.86 bits per heavy atom. The summed E-state index contributed by atoms with van der Waals surface area (Å²) in [5, 5.41) is 0. The molecule has 0 bridgehead atoms. The molecular weight excluding hydrogens is 675 g/mol. The van der Waals surface area contributed by atoms with Crippen molar-refractivity contribution in [3.8, 4) is 22.3 Å². The summed E-state index contributed by atoms with van der Waals surface area (Å²) in [5.41, 5.74) is 21.0. The number of rotatable bonds is 4. The van der Waals surface area contributed by atoms with Crippen LogP contribution in [0.2, 0.25) is 0 Å². The van der Waals surface area contributed by atoms with E-state index in [1.165, 1.54) is 78.1 Å². The van der Waals surface area contributed by atoms with Crippen LogP contribution < -0.4 is 4.90 Å². The highest BCUT2D eigenvalue weighted by Gasteiger charge is 2.54. The van der Waals surface area contributed by atoms with Crippen LogP contribution in [0.15, 0.2) is 175 Å². The van der Waals surface area contributed by atoms with E-state index in [0.29, 0.717) is 11.8 Å². The minimum absolute atomic E-state index is 0.0203. The minimum atomic E-state index is -0.337. The second-order valence-corrected chi connectivity index (χ2v) is 17.7. The second kappa shape index (κ2) is 11.8. The van der Waals surface area contributed by atoms with Crippen LogP contribution in [-0.2, 0) is 16.2 Å². The van der Waals surface area contributed by atoms with E-state index in [1.807, 2.05) is 0 Å². The van der Waals surface area contributed by atoms with Crippen molar-refractivity contribution in [3.05, 3.63) is 214 Å². The molecule has 6 aromatic rings. The molecule has 0 heterocycles. The molecule has 3 unspecified atom stereocenters. The Labute approximate surface area is 332 Å². The van der Waals surface area contributed by atoms with Crippen LogP contribution in [0.1, 0.15) is 73.1 Å². The van der Waals surface area contributed by atoms with E-state index in [1.54, 1.807) is 5.57 Å². The third kappa shape index (κ3) is 4.43. The number of fused-ring (bicyclic) bond motifs is 12. The van der Waals surface area contributed by atoms with Crippen molar-refractivity contribution in [2.45, 2.75) is 57.3 Å². The number of allylic oxidation sites excluding steroid dienone is 8. The maximum Gasteiger partial charge on any atom is 0.0689 e. The quantitative estimate of drug-likeness (QED) is 0.175. The first-order chi connectivity index (χ1) is 27.2. The highest BCUT2D eigenvalue weighted by Crippen LogP contribution is 2.64. The van der Waals surface area contributed by atoms with E-state index >= 15 is 0 Å². The maximum absolute atomic E-state index is 2.55. The molecule has 0 aliphatic heterocycles. The maximum atomic E-state index is 2.55. The van der Waals surface area contributed by atoms with Crippen molar-refractivity contribution in [3.63, 3.8) is 0 Å². The molecular formula is C55H47N. The zero-order valence-corrected chi connectivity index (χ0v) is 33.0. The lowest BCUT2D eigenvalue weighted by atomic mass is 9.67. The summed E-state index contributed by atoms with van der Waals surface area (Å²) in [5.74, 6) is 0.885. The zero-order chi connectivity index (χ0) is 38.0. The molecule has 1 heteroatoms. The summed E-state index contributed by atoms with van der Waals surface area (Å²) in [7, 11) is 0. The Balaban J connectivity index is 1.14. The number of hydrogen-bond acceptors (Lipinski definition) is 1. The molecule has 0 saturated carbocycles. The summed E-state index contributed by atoms with van der Waals surface area (Å²) in [6, 6.07) is 51.1. The van der Waals surface area contributed by atoms with Gasteiger partial charge in [0.1, 0.15) is 0 Å². The van der Waals surface area contributed by atoms with Crippen LogP contribution in [0, 0.1) is 18.8 Å². The first-order valence-corrected chi connectivity index (χ1v) is 20.4. The van der Waals surface area contributed by atoms with Crippen molar-refractivity contribution in [1.29, 1.82) is 0 Å². The van der Waals surface area contributed by atoms with Gasteiger partial charge in [-0.1, -0.05) is 167 Å². The van der Waals surface area contributed by atoms with Gasteiger partial charge in [0, 0.05) is 22.5 Å². The van der Waals surface area contributed by atoms with Gasteiger partial charge in [0.15, 0.2) is 0 Å². The second-order valence-electron chi connectivity index (χ2n) is 17.7. The summed E-state index contributed by atoms with van der Waals surface area (Å²) < 4.78 is 0. The standard InChI is InChI=1S/C55H47N/c1-35-17-20-37(21-18-35)38-22-24-39(25-23-38)56(41-27-30-48-51(34-41)53(3,4)52-16-10-11-31-54(48,52)5)40-26-29-45-44-28-19-36(2)32-49(44)55(50(45)33-40)46-14-8-6-12-42(46)43-13-7-9-15-47(43)55/h6-31,33-34,36,52H,32H2,1-5H3. The Hall–Kier alpha value is -5.92. The third-order valence-corrected chi connectivity index (χ3v) is 14.1. The van der Waals surface area contributed by atoms with Gasteiger partial charge in [-0.05, 0) is 134 Å². The van der Waals surface area contributed by atoms with Gasteiger partial charge in [0.25, 0.3) is 0 Å². The fourth-order valence-corrected chi connectivity index (χ4v) is 11.5. The Morgan fingerprint density at radius 2 is 1.16 bits per heavy atom. The predicted octanol–water partition coefficient (Wildman–Crippen LogP) is 14.1. The summed E-state index contributed by atoms with van der Waals surface area (Å²) in [6.45, 7) is 11.8. The molecule has 5 aliphatic carbocycles. The van der Waals surface area contributed by atoms with Crippen LogP contribution in [0.5, 0.6) is 0 Å². The average Bonchev–Trinajstić information content (AvgIpc) is 3.74.